The van der Waals surface area contributed by atoms with Crippen molar-refractivity contribution in [1.29, 1.82) is 0 Å². The second-order valence-electron chi connectivity index (χ2n) is 9.40. The van der Waals surface area contributed by atoms with Gasteiger partial charge in [-0.2, -0.15) is 0 Å². The highest BCUT2D eigenvalue weighted by atomic mass is 16.5. The number of carbonyl (C=O) groups is 2. The van der Waals surface area contributed by atoms with Crippen LogP contribution >= 0.6 is 0 Å². The minimum Gasteiger partial charge on any atom is -0.497 e. The van der Waals surface area contributed by atoms with E-state index in [1.54, 1.807) is 30.2 Å². The zero-order valence-electron chi connectivity index (χ0n) is 21.1. The number of carbonyl (C=O) groups excluding carboxylic acids is 2. The van der Waals surface area contributed by atoms with Crippen molar-refractivity contribution in [3.8, 4) is 5.75 Å². The van der Waals surface area contributed by atoms with Crippen LogP contribution in [0.5, 0.6) is 5.75 Å². The zero-order valence-corrected chi connectivity index (χ0v) is 21.1. The van der Waals surface area contributed by atoms with Crippen LogP contribution in [0.3, 0.4) is 0 Å². The molecule has 0 saturated heterocycles. The van der Waals surface area contributed by atoms with Gasteiger partial charge in [0.15, 0.2) is 0 Å². The monoisotopic (exact) mass is 473 g/mol. The van der Waals surface area contributed by atoms with Crippen LogP contribution in [-0.4, -0.2) is 52.9 Å². The number of benzene rings is 2. The fourth-order valence-corrected chi connectivity index (χ4v) is 4.78. The zero-order chi connectivity index (χ0) is 24.9. The number of aromatic nitrogens is 1. The number of methoxy groups -OCH3 is 1. The highest BCUT2D eigenvalue weighted by Crippen LogP contribution is 2.33. The van der Waals surface area contributed by atoms with Crippen molar-refractivity contribution in [2.24, 2.45) is 0 Å². The van der Waals surface area contributed by atoms with Crippen molar-refractivity contribution < 1.29 is 14.3 Å². The molecule has 6 heteroatoms. The van der Waals surface area contributed by atoms with Gasteiger partial charge < -0.3 is 19.1 Å². The largest absolute Gasteiger partial charge is 0.497 e. The average molecular weight is 474 g/mol. The van der Waals surface area contributed by atoms with Crippen LogP contribution in [0.4, 0.5) is 0 Å². The maximum Gasteiger partial charge on any atom is 0.254 e. The van der Waals surface area contributed by atoms with Crippen LogP contribution in [0.1, 0.15) is 66.3 Å². The molecular formula is C29H35N3O3. The quantitative estimate of drug-likeness (QED) is 0.457. The van der Waals surface area contributed by atoms with Crippen molar-refractivity contribution in [3.05, 3.63) is 89.2 Å². The van der Waals surface area contributed by atoms with E-state index in [1.165, 1.54) is 5.56 Å². The molecule has 2 heterocycles. The van der Waals surface area contributed by atoms with E-state index in [0.717, 1.165) is 24.2 Å². The first-order valence-electron chi connectivity index (χ1n) is 12.4. The molecule has 0 bridgehead atoms. The van der Waals surface area contributed by atoms with Crippen molar-refractivity contribution in [2.45, 2.75) is 45.7 Å². The molecule has 4 rings (SSSR count). The van der Waals surface area contributed by atoms with Crippen molar-refractivity contribution in [2.75, 3.05) is 26.7 Å². The lowest BCUT2D eigenvalue weighted by atomic mass is 9.95. The van der Waals surface area contributed by atoms with Gasteiger partial charge in [0.05, 0.1) is 13.2 Å². The molecule has 0 saturated carbocycles. The van der Waals surface area contributed by atoms with Crippen LogP contribution in [0.15, 0.2) is 66.9 Å². The van der Waals surface area contributed by atoms with E-state index in [0.29, 0.717) is 30.3 Å². The number of fused-ring (bicyclic) bond motifs is 1. The van der Waals surface area contributed by atoms with E-state index in [4.69, 9.17) is 4.74 Å². The van der Waals surface area contributed by atoms with Gasteiger partial charge in [-0.25, -0.2) is 0 Å². The third-order valence-electron chi connectivity index (χ3n) is 6.70. The highest BCUT2D eigenvalue weighted by Gasteiger charge is 2.33. The molecule has 1 atom stereocenters. The fourth-order valence-electron chi connectivity index (χ4n) is 4.78. The van der Waals surface area contributed by atoms with Crippen molar-refractivity contribution in [3.63, 3.8) is 0 Å². The van der Waals surface area contributed by atoms with Crippen LogP contribution in [-0.2, 0) is 11.3 Å². The summed E-state index contributed by atoms with van der Waals surface area (Å²) in [7, 11) is 1.58. The lowest BCUT2D eigenvalue weighted by molar-refractivity contribution is -0.134. The van der Waals surface area contributed by atoms with E-state index < -0.39 is 0 Å². The van der Waals surface area contributed by atoms with Crippen molar-refractivity contribution in [1.82, 2.24) is 14.4 Å². The molecule has 1 aromatic heterocycles. The Hall–Kier alpha value is -3.54. The summed E-state index contributed by atoms with van der Waals surface area (Å²) >= 11 is 0. The van der Waals surface area contributed by atoms with Crippen molar-refractivity contribution >= 4 is 11.8 Å². The predicted molar refractivity (Wildman–Crippen MR) is 138 cm³/mol. The first-order valence-corrected chi connectivity index (χ1v) is 12.4. The van der Waals surface area contributed by atoms with Crippen LogP contribution in [0.25, 0.3) is 0 Å². The van der Waals surface area contributed by atoms with Gasteiger partial charge in [0, 0.05) is 37.1 Å². The smallest absolute Gasteiger partial charge is 0.254 e. The Morgan fingerprint density at radius 1 is 1.06 bits per heavy atom. The minimum atomic E-state index is -0.178. The van der Waals surface area contributed by atoms with Gasteiger partial charge in [-0.1, -0.05) is 51.1 Å². The molecule has 184 valence electrons. The number of ether oxygens (including phenoxy) is 1. The molecule has 0 fully saturated rings. The Kier molecular flexibility index (Phi) is 7.59. The van der Waals surface area contributed by atoms with E-state index in [1.807, 2.05) is 24.0 Å². The Labute approximate surface area is 208 Å². The Balaban J connectivity index is 1.60. The van der Waals surface area contributed by atoms with Gasteiger partial charge >= 0.3 is 0 Å². The Morgan fingerprint density at radius 3 is 2.51 bits per heavy atom. The van der Waals surface area contributed by atoms with Gasteiger partial charge in [0.25, 0.3) is 5.91 Å². The number of rotatable bonds is 8. The van der Waals surface area contributed by atoms with E-state index in [9.17, 15) is 9.59 Å². The summed E-state index contributed by atoms with van der Waals surface area (Å²) in [5.41, 5.74) is 3.99. The highest BCUT2D eigenvalue weighted by molar-refractivity contribution is 5.97. The standard InChI is InChI=1S/C29H35N3O3/c1-5-15-31(29(34)24-8-6-9-25(19-24)35-4)20-27(33)32-18-17-30-16-7-10-26(30)28(32)23-13-11-22(12-14-23)21(2)3/h6-14,16,19,21,28H,5,15,17-18,20H2,1-4H3. The van der Waals surface area contributed by atoms with Gasteiger partial charge in [0.2, 0.25) is 5.91 Å². The second-order valence-corrected chi connectivity index (χ2v) is 9.40. The molecular weight excluding hydrogens is 438 g/mol. The molecule has 1 unspecified atom stereocenters. The molecule has 6 nitrogen and oxygen atoms in total. The first kappa shape index (κ1) is 24.6. The summed E-state index contributed by atoms with van der Waals surface area (Å²) in [6.07, 6.45) is 2.84. The average Bonchev–Trinajstić information content (AvgIpc) is 3.36. The number of hydrogen-bond acceptors (Lipinski definition) is 3. The minimum absolute atomic E-state index is 0.0416. The molecule has 0 spiro atoms. The van der Waals surface area contributed by atoms with Crippen LogP contribution in [0, 0.1) is 0 Å². The molecule has 0 radical (unpaired) electrons. The van der Waals surface area contributed by atoms with E-state index in [2.05, 4.69) is 54.9 Å². The fraction of sp³-hybridized carbons (Fsp3) is 0.379. The molecule has 35 heavy (non-hydrogen) atoms. The molecule has 2 amide bonds. The maximum atomic E-state index is 13.7. The van der Waals surface area contributed by atoms with Crippen LogP contribution < -0.4 is 4.74 Å². The third kappa shape index (κ3) is 5.26. The Bertz CT molecular complexity index is 1170. The second kappa shape index (κ2) is 10.8. The first-order chi connectivity index (χ1) is 16.9. The van der Waals surface area contributed by atoms with E-state index in [-0.39, 0.29) is 24.4 Å². The molecule has 0 aliphatic carbocycles. The summed E-state index contributed by atoms with van der Waals surface area (Å²) < 4.78 is 7.50. The topological polar surface area (TPSA) is 54.8 Å². The molecule has 2 aromatic carbocycles. The van der Waals surface area contributed by atoms with Gasteiger partial charge in [-0.3, -0.25) is 9.59 Å². The maximum absolute atomic E-state index is 13.7. The predicted octanol–water partition coefficient (Wildman–Crippen LogP) is 5.10. The van der Waals surface area contributed by atoms with Gasteiger partial charge in [0.1, 0.15) is 12.3 Å². The number of hydrogen-bond donors (Lipinski definition) is 0. The van der Waals surface area contributed by atoms with Gasteiger partial charge in [-0.15, -0.1) is 0 Å². The molecule has 0 N–H and O–H groups in total. The summed E-state index contributed by atoms with van der Waals surface area (Å²) in [4.78, 5) is 30.6. The summed E-state index contributed by atoms with van der Waals surface area (Å²) in [6, 6.07) is 19.6. The lowest BCUT2D eigenvalue weighted by Crippen LogP contribution is -2.48. The van der Waals surface area contributed by atoms with Crippen LogP contribution in [0.2, 0.25) is 0 Å². The normalized spacial score (nSPS) is 15.1. The summed E-state index contributed by atoms with van der Waals surface area (Å²) in [6.45, 7) is 8.28. The number of amides is 2. The molecule has 1 aliphatic heterocycles. The summed E-state index contributed by atoms with van der Waals surface area (Å²) in [5, 5.41) is 0. The number of nitrogens with zero attached hydrogens (tertiary/aromatic N) is 3. The lowest BCUT2D eigenvalue weighted by Gasteiger charge is -2.38. The Morgan fingerprint density at radius 2 is 1.83 bits per heavy atom. The van der Waals surface area contributed by atoms with Gasteiger partial charge in [-0.05, 0) is 53.8 Å². The van der Waals surface area contributed by atoms with E-state index >= 15 is 0 Å². The SMILES string of the molecule is CCCN(CC(=O)N1CCn2cccc2C1c1ccc(C(C)C)cc1)C(=O)c1cccc(OC)c1. The summed E-state index contributed by atoms with van der Waals surface area (Å²) in [5.74, 6) is 0.875. The molecule has 3 aromatic rings. The molecule has 1 aliphatic rings. The third-order valence-corrected chi connectivity index (χ3v) is 6.70.